The molecule has 0 aliphatic rings. The van der Waals surface area contributed by atoms with Crippen LogP contribution in [0.1, 0.15) is 29.8 Å². The van der Waals surface area contributed by atoms with E-state index in [1.165, 1.54) is 24.3 Å². The molecule has 0 unspecified atom stereocenters. The number of anilines is 1. The van der Waals surface area contributed by atoms with Gasteiger partial charge in [0.15, 0.2) is 0 Å². The van der Waals surface area contributed by atoms with E-state index < -0.39 is 10.0 Å². The zero-order valence-corrected chi connectivity index (χ0v) is 16.0. The maximum atomic E-state index is 12.4. The Morgan fingerprint density at radius 1 is 1.08 bits per heavy atom. The number of amides is 1. The molecule has 0 saturated heterocycles. The van der Waals surface area contributed by atoms with Crippen molar-refractivity contribution in [2.75, 3.05) is 17.8 Å². The topological polar surface area (TPSA) is 66.5 Å². The fourth-order valence-electron chi connectivity index (χ4n) is 2.35. The van der Waals surface area contributed by atoms with Gasteiger partial charge in [0.1, 0.15) is 0 Å². The Bertz CT molecular complexity index is 860. The van der Waals surface area contributed by atoms with Crippen LogP contribution < -0.4 is 4.72 Å². The zero-order valence-electron chi connectivity index (χ0n) is 14.4. The van der Waals surface area contributed by atoms with Crippen LogP contribution >= 0.6 is 11.6 Å². The first-order valence-corrected chi connectivity index (χ1v) is 9.83. The van der Waals surface area contributed by atoms with Gasteiger partial charge in [-0.15, -0.1) is 0 Å². The van der Waals surface area contributed by atoms with E-state index in [1.807, 2.05) is 20.8 Å². The summed E-state index contributed by atoms with van der Waals surface area (Å²) >= 11 is 6.19. The van der Waals surface area contributed by atoms with Gasteiger partial charge in [0.25, 0.3) is 15.9 Å². The molecular weight excluding hydrogens is 360 g/mol. The van der Waals surface area contributed by atoms with Crippen LogP contribution in [0.2, 0.25) is 5.02 Å². The normalized spacial score (nSPS) is 11.2. The second-order valence-corrected chi connectivity index (χ2v) is 7.68. The third-order valence-corrected chi connectivity index (χ3v) is 5.54. The van der Waals surface area contributed by atoms with Crippen LogP contribution in [0.25, 0.3) is 0 Å². The van der Waals surface area contributed by atoms with Crippen molar-refractivity contribution in [3.05, 3.63) is 58.6 Å². The summed E-state index contributed by atoms with van der Waals surface area (Å²) in [6.07, 6.45) is 0. The van der Waals surface area contributed by atoms with Gasteiger partial charge in [0.2, 0.25) is 0 Å². The molecule has 0 aliphatic heterocycles. The molecule has 2 aromatic carbocycles. The Labute approximate surface area is 153 Å². The molecule has 0 aromatic heterocycles. The molecule has 2 rings (SSSR count). The lowest BCUT2D eigenvalue weighted by molar-refractivity contribution is 0.0773. The van der Waals surface area contributed by atoms with Crippen molar-refractivity contribution < 1.29 is 13.2 Å². The van der Waals surface area contributed by atoms with Crippen molar-refractivity contribution in [3.8, 4) is 0 Å². The van der Waals surface area contributed by atoms with Gasteiger partial charge in [-0.25, -0.2) is 8.42 Å². The molecule has 25 heavy (non-hydrogen) atoms. The average Bonchev–Trinajstić information content (AvgIpc) is 2.58. The van der Waals surface area contributed by atoms with Crippen LogP contribution in [0.4, 0.5) is 5.69 Å². The van der Waals surface area contributed by atoms with Gasteiger partial charge < -0.3 is 4.90 Å². The fraction of sp³-hybridized carbons (Fsp3) is 0.278. The van der Waals surface area contributed by atoms with Crippen molar-refractivity contribution in [3.63, 3.8) is 0 Å². The highest BCUT2D eigenvalue weighted by molar-refractivity contribution is 7.92. The molecule has 0 aliphatic carbocycles. The number of nitrogens with zero attached hydrogens (tertiary/aromatic N) is 1. The van der Waals surface area contributed by atoms with E-state index >= 15 is 0 Å². The molecule has 134 valence electrons. The lowest BCUT2D eigenvalue weighted by Gasteiger charge is -2.19. The lowest BCUT2D eigenvalue weighted by atomic mass is 10.2. The van der Waals surface area contributed by atoms with E-state index in [1.54, 1.807) is 23.1 Å². The van der Waals surface area contributed by atoms with Gasteiger partial charge in [0, 0.05) is 18.7 Å². The van der Waals surface area contributed by atoms with Gasteiger partial charge in [-0.3, -0.25) is 9.52 Å². The van der Waals surface area contributed by atoms with Gasteiger partial charge >= 0.3 is 0 Å². The van der Waals surface area contributed by atoms with Crippen LogP contribution in [0, 0.1) is 6.92 Å². The summed E-state index contributed by atoms with van der Waals surface area (Å²) in [5.41, 5.74) is 1.63. The number of carbonyl (C=O) groups excluding carboxylic acids is 1. The van der Waals surface area contributed by atoms with Crippen LogP contribution in [-0.2, 0) is 10.0 Å². The minimum Gasteiger partial charge on any atom is -0.339 e. The van der Waals surface area contributed by atoms with E-state index in [0.29, 0.717) is 18.7 Å². The molecule has 5 nitrogen and oxygen atoms in total. The summed E-state index contributed by atoms with van der Waals surface area (Å²) in [6, 6.07) is 11.1. The fourth-order valence-corrected chi connectivity index (χ4v) is 3.71. The van der Waals surface area contributed by atoms with Crippen LogP contribution in [-0.4, -0.2) is 32.3 Å². The molecule has 0 spiro atoms. The number of hydrogen-bond donors (Lipinski definition) is 1. The van der Waals surface area contributed by atoms with Gasteiger partial charge in [0.05, 0.1) is 15.6 Å². The monoisotopic (exact) mass is 380 g/mol. The Morgan fingerprint density at radius 2 is 1.68 bits per heavy atom. The average molecular weight is 381 g/mol. The maximum Gasteiger partial charge on any atom is 0.261 e. The Hall–Kier alpha value is -2.05. The Balaban J connectivity index is 2.26. The number of benzene rings is 2. The number of aryl methyl sites for hydroxylation is 1. The predicted octanol–water partition coefficient (Wildman–Crippen LogP) is 3.93. The molecule has 0 saturated carbocycles. The van der Waals surface area contributed by atoms with E-state index in [9.17, 15) is 13.2 Å². The minimum atomic E-state index is -3.74. The van der Waals surface area contributed by atoms with Crippen molar-refractivity contribution in [1.29, 1.82) is 0 Å². The molecule has 0 bridgehead atoms. The number of hydrogen-bond acceptors (Lipinski definition) is 3. The summed E-state index contributed by atoms with van der Waals surface area (Å²) in [5, 5.41) is 0.175. The molecule has 0 fully saturated rings. The summed E-state index contributed by atoms with van der Waals surface area (Å²) in [7, 11) is -3.74. The third kappa shape index (κ3) is 4.52. The maximum absolute atomic E-state index is 12.4. The first-order valence-electron chi connectivity index (χ1n) is 7.96. The van der Waals surface area contributed by atoms with E-state index in [4.69, 9.17) is 11.6 Å². The molecule has 0 radical (unpaired) electrons. The zero-order chi connectivity index (χ0) is 18.6. The summed E-state index contributed by atoms with van der Waals surface area (Å²) in [5.74, 6) is -0.139. The third-order valence-electron chi connectivity index (χ3n) is 3.84. The smallest absolute Gasteiger partial charge is 0.261 e. The quantitative estimate of drug-likeness (QED) is 0.825. The van der Waals surface area contributed by atoms with Gasteiger partial charge in [-0.05, 0) is 51.1 Å². The second kappa shape index (κ2) is 7.89. The summed E-state index contributed by atoms with van der Waals surface area (Å²) in [6.45, 7) is 6.86. The Kier molecular flexibility index (Phi) is 6.08. The van der Waals surface area contributed by atoms with Gasteiger partial charge in [-0.2, -0.15) is 0 Å². The largest absolute Gasteiger partial charge is 0.339 e. The number of nitrogens with one attached hydrogen (secondary N) is 1. The first kappa shape index (κ1) is 19.3. The molecular formula is C18H21ClN2O3S. The van der Waals surface area contributed by atoms with Crippen LogP contribution in [0.3, 0.4) is 0 Å². The molecule has 1 N–H and O–H groups in total. The molecule has 0 heterocycles. The lowest BCUT2D eigenvalue weighted by Crippen LogP contribution is -2.30. The minimum absolute atomic E-state index is 0.139. The van der Waals surface area contributed by atoms with Crippen LogP contribution in [0.5, 0.6) is 0 Å². The van der Waals surface area contributed by atoms with Crippen LogP contribution in [0.15, 0.2) is 47.4 Å². The van der Waals surface area contributed by atoms with E-state index in [2.05, 4.69) is 4.72 Å². The molecule has 2 aromatic rings. The Morgan fingerprint density at radius 3 is 2.20 bits per heavy atom. The van der Waals surface area contributed by atoms with E-state index in [-0.39, 0.29) is 21.5 Å². The first-order chi connectivity index (χ1) is 11.8. The van der Waals surface area contributed by atoms with Crippen molar-refractivity contribution >= 4 is 33.2 Å². The highest BCUT2D eigenvalue weighted by atomic mass is 35.5. The van der Waals surface area contributed by atoms with Crippen molar-refractivity contribution in [2.45, 2.75) is 25.7 Å². The summed E-state index contributed by atoms with van der Waals surface area (Å²) < 4.78 is 27.3. The van der Waals surface area contributed by atoms with Crippen molar-refractivity contribution in [1.82, 2.24) is 4.90 Å². The molecule has 0 atom stereocenters. The number of sulfonamides is 1. The second-order valence-electron chi connectivity index (χ2n) is 5.59. The highest BCUT2D eigenvalue weighted by Crippen LogP contribution is 2.26. The molecule has 1 amide bonds. The summed E-state index contributed by atoms with van der Waals surface area (Å²) in [4.78, 5) is 14.2. The van der Waals surface area contributed by atoms with Crippen molar-refractivity contribution in [2.24, 2.45) is 0 Å². The number of halogens is 1. The van der Waals surface area contributed by atoms with Gasteiger partial charge in [-0.1, -0.05) is 29.3 Å². The standard InChI is InChI=1S/C18H21ClN2O3S/c1-4-21(5-2)18(22)14-8-11-17(16(19)12-14)20-25(23,24)15-9-6-13(3)7-10-15/h6-12,20H,4-5H2,1-3H3. The highest BCUT2D eigenvalue weighted by Gasteiger charge is 2.18. The SMILES string of the molecule is CCN(CC)C(=O)c1ccc(NS(=O)(=O)c2ccc(C)cc2)c(Cl)c1. The number of carbonyl (C=O) groups is 1. The molecule has 7 heteroatoms. The van der Waals surface area contributed by atoms with E-state index in [0.717, 1.165) is 5.56 Å². The predicted molar refractivity (Wildman–Crippen MR) is 101 cm³/mol. The number of rotatable bonds is 6.